The van der Waals surface area contributed by atoms with Crippen molar-refractivity contribution in [1.82, 2.24) is 4.90 Å². The number of carbonyl (C=O) groups excluding carboxylic acids is 2. The van der Waals surface area contributed by atoms with Gasteiger partial charge < -0.3 is 19.7 Å². The molecule has 2 aliphatic heterocycles. The fourth-order valence-electron chi connectivity index (χ4n) is 4.07. The molecule has 0 bridgehead atoms. The lowest BCUT2D eigenvalue weighted by Crippen LogP contribution is -2.49. The Hall–Kier alpha value is -3.02. The molecule has 0 aromatic heterocycles. The molecule has 2 heterocycles. The monoisotopic (exact) mass is 408 g/mol. The maximum atomic E-state index is 12.8. The highest BCUT2D eigenvalue weighted by Gasteiger charge is 2.33. The van der Waals surface area contributed by atoms with Crippen molar-refractivity contribution in [1.29, 1.82) is 0 Å². The van der Waals surface area contributed by atoms with E-state index in [4.69, 9.17) is 9.47 Å². The van der Waals surface area contributed by atoms with Crippen LogP contribution in [0.5, 0.6) is 11.5 Å². The first-order valence-corrected chi connectivity index (χ1v) is 10.6. The number of anilines is 1. The molecule has 2 aromatic rings. The Labute approximate surface area is 177 Å². The van der Waals surface area contributed by atoms with Crippen molar-refractivity contribution in [2.45, 2.75) is 38.7 Å². The zero-order chi connectivity index (χ0) is 20.9. The lowest BCUT2D eigenvalue weighted by atomic mass is 9.91. The number of benzene rings is 2. The number of nitrogens with one attached hydrogen (secondary N) is 1. The summed E-state index contributed by atoms with van der Waals surface area (Å²) in [5.74, 6) is 1.80. The standard InChI is InChI=1S/C24H28N2O4/c1-17-5-4-6-19(15-17)25-23(27)10-9-18-11-13-26(14-12-18)24(28)22-16-29-20-7-2-3-8-21(20)30-22/h2-8,15,18,22H,9-14,16H2,1H3,(H,25,27). The summed E-state index contributed by atoms with van der Waals surface area (Å²) in [4.78, 5) is 26.9. The summed E-state index contributed by atoms with van der Waals surface area (Å²) >= 11 is 0. The molecule has 2 aliphatic rings. The fourth-order valence-corrected chi connectivity index (χ4v) is 4.07. The fraction of sp³-hybridized carbons (Fsp3) is 0.417. The maximum absolute atomic E-state index is 12.8. The maximum Gasteiger partial charge on any atom is 0.267 e. The molecule has 4 rings (SSSR count). The Morgan fingerprint density at radius 2 is 1.83 bits per heavy atom. The van der Waals surface area contributed by atoms with Crippen molar-refractivity contribution in [3.63, 3.8) is 0 Å². The summed E-state index contributed by atoms with van der Waals surface area (Å²) < 4.78 is 11.5. The first-order valence-electron chi connectivity index (χ1n) is 10.6. The third-order valence-corrected chi connectivity index (χ3v) is 5.79. The minimum absolute atomic E-state index is 0.0138. The first kappa shape index (κ1) is 20.3. The highest BCUT2D eigenvalue weighted by molar-refractivity contribution is 5.90. The van der Waals surface area contributed by atoms with Gasteiger partial charge in [0.25, 0.3) is 5.91 Å². The summed E-state index contributed by atoms with van der Waals surface area (Å²) in [6.07, 6.45) is 2.58. The van der Waals surface area contributed by atoms with Gasteiger partial charge in [-0.2, -0.15) is 0 Å². The molecule has 6 nitrogen and oxygen atoms in total. The molecule has 1 saturated heterocycles. The van der Waals surface area contributed by atoms with Gasteiger partial charge in [-0.15, -0.1) is 0 Å². The van der Waals surface area contributed by atoms with Crippen LogP contribution in [0.15, 0.2) is 48.5 Å². The van der Waals surface area contributed by atoms with E-state index in [1.54, 1.807) is 0 Å². The molecule has 1 atom stereocenters. The quantitative estimate of drug-likeness (QED) is 0.817. The van der Waals surface area contributed by atoms with Crippen molar-refractivity contribution in [3.8, 4) is 11.5 Å². The largest absolute Gasteiger partial charge is 0.485 e. The molecule has 158 valence electrons. The predicted octanol–water partition coefficient (Wildman–Crippen LogP) is 3.79. The molecule has 0 spiro atoms. The van der Waals surface area contributed by atoms with Crippen molar-refractivity contribution in [2.75, 3.05) is 25.0 Å². The number of carbonyl (C=O) groups is 2. The molecule has 2 amide bonds. The number of para-hydroxylation sites is 2. The second kappa shape index (κ2) is 9.20. The Balaban J connectivity index is 1.20. The summed E-state index contributed by atoms with van der Waals surface area (Å²) in [5, 5.41) is 2.97. The molecule has 0 radical (unpaired) electrons. The van der Waals surface area contributed by atoms with Gasteiger partial charge in [0.1, 0.15) is 6.61 Å². The van der Waals surface area contributed by atoms with Crippen LogP contribution in [0.25, 0.3) is 0 Å². The molecular formula is C24H28N2O4. The van der Waals surface area contributed by atoms with E-state index < -0.39 is 6.10 Å². The van der Waals surface area contributed by atoms with Crippen molar-refractivity contribution in [3.05, 3.63) is 54.1 Å². The van der Waals surface area contributed by atoms with Gasteiger partial charge in [0.15, 0.2) is 11.5 Å². The second-order valence-corrected chi connectivity index (χ2v) is 8.09. The van der Waals surface area contributed by atoms with E-state index in [2.05, 4.69) is 5.32 Å². The minimum Gasteiger partial charge on any atom is -0.485 e. The van der Waals surface area contributed by atoms with Crippen LogP contribution in [0.1, 0.15) is 31.2 Å². The Morgan fingerprint density at radius 1 is 1.07 bits per heavy atom. The van der Waals surface area contributed by atoms with Crippen LogP contribution in [0.4, 0.5) is 5.69 Å². The number of ether oxygens (including phenoxy) is 2. The lowest BCUT2D eigenvalue weighted by Gasteiger charge is -2.35. The van der Waals surface area contributed by atoms with E-state index in [0.717, 1.165) is 30.5 Å². The van der Waals surface area contributed by atoms with E-state index in [0.29, 0.717) is 36.9 Å². The zero-order valence-corrected chi connectivity index (χ0v) is 17.3. The summed E-state index contributed by atoms with van der Waals surface area (Å²) in [7, 11) is 0. The Bertz CT molecular complexity index is 906. The predicted molar refractivity (Wildman–Crippen MR) is 115 cm³/mol. The van der Waals surface area contributed by atoms with Crippen LogP contribution in [0.3, 0.4) is 0 Å². The number of aryl methyl sites for hydroxylation is 1. The van der Waals surface area contributed by atoms with Gasteiger partial charge >= 0.3 is 0 Å². The minimum atomic E-state index is -0.587. The van der Waals surface area contributed by atoms with E-state index in [1.807, 2.05) is 60.4 Å². The number of fused-ring (bicyclic) bond motifs is 1. The smallest absolute Gasteiger partial charge is 0.267 e. The van der Waals surface area contributed by atoms with Crippen molar-refractivity contribution in [2.24, 2.45) is 5.92 Å². The number of hydrogen-bond donors (Lipinski definition) is 1. The Kier molecular flexibility index (Phi) is 6.21. The average molecular weight is 408 g/mol. The molecule has 1 fully saturated rings. The van der Waals surface area contributed by atoms with Gasteiger partial charge in [0, 0.05) is 25.2 Å². The van der Waals surface area contributed by atoms with Crippen LogP contribution in [0.2, 0.25) is 0 Å². The van der Waals surface area contributed by atoms with Crippen LogP contribution < -0.4 is 14.8 Å². The Morgan fingerprint density at radius 3 is 2.60 bits per heavy atom. The normalized spacial score (nSPS) is 18.7. The first-order chi connectivity index (χ1) is 14.6. The topological polar surface area (TPSA) is 67.9 Å². The highest BCUT2D eigenvalue weighted by Crippen LogP contribution is 2.32. The molecular weight excluding hydrogens is 380 g/mol. The molecule has 1 N–H and O–H groups in total. The van der Waals surface area contributed by atoms with E-state index in [-0.39, 0.29) is 18.4 Å². The van der Waals surface area contributed by atoms with Gasteiger partial charge in [-0.05, 0) is 61.9 Å². The molecule has 0 saturated carbocycles. The number of rotatable bonds is 5. The molecule has 30 heavy (non-hydrogen) atoms. The number of nitrogens with zero attached hydrogens (tertiary/aromatic N) is 1. The SMILES string of the molecule is Cc1cccc(NC(=O)CCC2CCN(C(=O)C3COc4ccccc4O3)CC2)c1. The van der Waals surface area contributed by atoms with E-state index >= 15 is 0 Å². The van der Waals surface area contributed by atoms with Crippen molar-refractivity contribution >= 4 is 17.5 Å². The van der Waals surface area contributed by atoms with Crippen LogP contribution in [-0.4, -0.2) is 42.5 Å². The summed E-state index contributed by atoms with van der Waals surface area (Å²) in [6.45, 7) is 3.65. The van der Waals surface area contributed by atoms with Gasteiger partial charge in [-0.25, -0.2) is 0 Å². The van der Waals surface area contributed by atoms with Crippen LogP contribution >= 0.6 is 0 Å². The third kappa shape index (κ3) is 4.93. The number of amides is 2. The van der Waals surface area contributed by atoms with Gasteiger partial charge in [0.05, 0.1) is 0 Å². The average Bonchev–Trinajstić information content (AvgIpc) is 2.77. The van der Waals surface area contributed by atoms with Crippen LogP contribution in [0, 0.1) is 12.8 Å². The number of piperidine rings is 1. The highest BCUT2D eigenvalue weighted by atomic mass is 16.6. The van der Waals surface area contributed by atoms with Gasteiger partial charge in [-0.3, -0.25) is 9.59 Å². The summed E-state index contributed by atoms with van der Waals surface area (Å²) in [5.41, 5.74) is 1.97. The molecule has 2 aromatic carbocycles. The molecule has 6 heteroatoms. The third-order valence-electron chi connectivity index (χ3n) is 5.79. The van der Waals surface area contributed by atoms with Gasteiger partial charge in [0.2, 0.25) is 12.0 Å². The van der Waals surface area contributed by atoms with Gasteiger partial charge in [-0.1, -0.05) is 24.3 Å². The molecule has 0 aliphatic carbocycles. The summed E-state index contributed by atoms with van der Waals surface area (Å²) in [6, 6.07) is 15.2. The zero-order valence-electron chi connectivity index (χ0n) is 17.3. The number of hydrogen-bond acceptors (Lipinski definition) is 4. The second-order valence-electron chi connectivity index (χ2n) is 8.09. The van der Waals surface area contributed by atoms with Crippen LogP contribution in [-0.2, 0) is 9.59 Å². The lowest BCUT2D eigenvalue weighted by molar-refractivity contribution is -0.142. The van der Waals surface area contributed by atoms with E-state index in [9.17, 15) is 9.59 Å². The van der Waals surface area contributed by atoms with Crippen molar-refractivity contribution < 1.29 is 19.1 Å². The number of likely N-dealkylation sites (tertiary alicyclic amines) is 1. The molecule has 1 unspecified atom stereocenters. The van der Waals surface area contributed by atoms with E-state index in [1.165, 1.54) is 0 Å².